The number of nitriles is 1. The lowest BCUT2D eigenvalue weighted by atomic mass is 10.2. The lowest BCUT2D eigenvalue weighted by Crippen LogP contribution is -2.25. The number of oxazole rings is 1. The Morgan fingerprint density at radius 2 is 2.04 bits per heavy atom. The lowest BCUT2D eigenvalue weighted by Gasteiger charge is -2.13. The van der Waals surface area contributed by atoms with E-state index in [0.29, 0.717) is 28.5 Å². The quantitative estimate of drug-likeness (QED) is 0.706. The Hall–Kier alpha value is -2.78. The zero-order chi connectivity index (χ0) is 16.9. The van der Waals surface area contributed by atoms with Gasteiger partial charge in [0.2, 0.25) is 5.91 Å². The van der Waals surface area contributed by atoms with E-state index in [1.165, 1.54) is 11.8 Å². The van der Waals surface area contributed by atoms with Gasteiger partial charge in [-0.1, -0.05) is 43.0 Å². The molecule has 0 unspecified atom stereocenters. The molecule has 0 radical (unpaired) electrons. The fourth-order valence-electron chi connectivity index (χ4n) is 2.25. The highest BCUT2D eigenvalue weighted by atomic mass is 32.2. The second-order valence-corrected chi connectivity index (χ2v) is 6.26. The molecule has 1 heterocycles. The van der Waals surface area contributed by atoms with E-state index in [4.69, 9.17) is 9.68 Å². The number of para-hydroxylation sites is 3. The van der Waals surface area contributed by atoms with Crippen LogP contribution in [0.15, 0.2) is 58.2 Å². The highest BCUT2D eigenvalue weighted by molar-refractivity contribution is 8.00. The molecule has 0 saturated heterocycles. The molecule has 5 nitrogen and oxygen atoms in total. The van der Waals surface area contributed by atoms with E-state index in [2.05, 4.69) is 16.4 Å². The Bertz CT molecular complexity index is 881. The molecule has 0 spiro atoms. The average Bonchev–Trinajstić information content (AvgIpc) is 3.02. The van der Waals surface area contributed by atoms with Gasteiger partial charge in [0, 0.05) is 0 Å². The van der Waals surface area contributed by atoms with Crippen molar-refractivity contribution in [1.29, 1.82) is 5.26 Å². The molecule has 6 heteroatoms. The molecular formula is C18H15N3O2S. The smallest absolute Gasteiger partial charge is 0.257 e. The first kappa shape index (κ1) is 16.1. The number of nitrogens with zero attached hydrogens (tertiary/aromatic N) is 2. The SMILES string of the molecule is CC[C@@H](Sc1nc2ccccc2o1)C(=O)Nc1ccccc1C#N. The van der Waals surface area contributed by atoms with Crippen LogP contribution in [0.1, 0.15) is 18.9 Å². The van der Waals surface area contributed by atoms with Crippen molar-refractivity contribution in [3.8, 4) is 6.07 Å². The lowest BCUT2D eigenvalue weighted by molar-refractivity contribution is -0.115. The molecule has 120 valence electrons. The van der Waals surface area contributed by atoms with Gasteiger partial charge in [-0.25, -0.2) is 4.98 Å². The molecule has 3 aromatic rings. The van der Waals surface area contributed by atoms with Gasteiger partial charge in [0.1, 0.15) is 11.6 Å². The molecule has 0 aliphatic carbocycles. The van der Waals surface area contributed by atoms with Crippen molar-refractivity contribution >= 4 is 34.5 Å². The third-order valence-electron chi connectivity index (χ3n) is 3.49. The van der Waals surface area contributed by atoms with E-state index in [1.807, 2.05) is 31.2 Å². The summed E-state index contributed by atoms with van der Waals surface area (Å²) in [6.45, 7) is 1.93. The van der Waals surface area contributed by atoms with Crippen LogP contribution in [0.3, 0.4) is 0 Å². The Labute approximate surface area is 143 Å². The molecule has 1 aromatic heterocycles. The summed E-state index contributed by atoms with van der Waals surface area (Å²) >= 11 is 1.28. The van der Waals surface area contributed by atoms with Gasteiger partial charge < -0.3 is 9.73 Å². The van der Waals surface area contributed by atoms with Crippen LogP contribution < -0.4 is 5.32 Å². The van der Waals surface area contributed by atoms with Gasteiger partial charge in [0.25, 0.3) is 5.22 Å². The molecule has 0 saturated carbocycles. The maximum absolute atomic E-state index is 12.5. The van der Waals surface area contributed by atoms with Crippen LogP contribution >= 0.6 is 11.8 Å². The maximum atomic E-state index is 12.5. The number of aromatic nitrogens is 1. The molecule has 0 aliphatic heterocycles. The molecular weight excluding hydrogens is 322 g/mol. The van der Waals surface area contributed by atoms with E-state index in [1.54, 1.807) is 24.3 Å². The number of carbonyl (C=O) groups is 1. The van der Waals surface area contributed by atoms with Gasteiger partial charge in [-0.2, -0.15) is 5.26 Å². The Morgan fingerprint density at radius 3 is 2.79 bits per heavy atom. The maximum Gasteiger partial charge on any atom is 0.257 e. The molecule has 0 aliphatic rings. The summed E-state index contributed by atoms with van der Waals surface area (Å²) in [6, 6.07) is 16.5. The molecule has 0 bridgehead atoms. The largest absolute Gasteiger partial charge is 0.431 e. The highest BCUT2D eigenvalue weighted by Crippen LogP contribution is 2.29. The number of benzene rings is 2. The predicted octanol–water partition coefficient (Wildman–Crippen LogP) is 4.21. The Kier molecular flexibility index (Phi) is 4.82. The van der Waals surface area contributed by atoms with Crippen molar-refractivity contribution in [3.63, 3.8) is 0 Å². The zero-order valence-corrected chi connectivity index (χ0v) is 13.8. The molecule has 1 amide bonds. The second kappa shape index (κ2) is 7.20. The minimum Gasteiger partial charge on any atom is -0.431 e. The topological polar surface area (TPSA) is 78.9 Å². The van der Waals surface area contributed by atoms with Gasteiger partial charge in [-0.05, 0) is 30.7 Å². The fraction of sp³-hybridized carbons (Fsp3) is 0.167. The Morgan fingerprint density at radius 1 is 1.29 bits per heavy atom. The molecule has 24 heavy (non-hydrogen) atoms. The monoisotopic (exact) mass is 337 g/mol. The van der Waals surface area contributed by atoms with Crippen molar-refractivity contribution in [2.45, 2.75) is 23.8 Å². The van der Waals surface area contributed by atoms with Crippen LogP contribution in [-0.2, 0) is 4.79 Å². The molecule has 2 aromatic carbocycles. The number of anilines is 1. The third-order valence-corrected chi connectivity index (χ3v) is 4.69. The van der Waals surface area contributed by atoms with Gasteiger partial charge in [0.05, 0.1) is 16.5 Å². The normalized spacial score (nSPS) is 11.8. The number of rotatable bonds is 5. The predicted molar refractivity (Wildman–Crippen MR) is 93.7 cm³/mol. The fourth-order valence-corrected chi connectivity index (χ4v) is 3.11. The molecule has 0 fully saturated rings. The number of carbonyl (C=O) groups excluding carboxylic acids is 1. The van der Waals surface area contributed by atoms with Gasteiger partial charge in [0.15, 0.2) is 5.58 Å². The number of hydrogen-bond acceptors (Lipinski definition) is 5. The summed E-state index contributed by atoms with van der Waals surface area (Å²) in [5.41, 5.74) is 2.42. The first-order chi connectivity index (χ1) is 11.7. The van der Waals surface area contributed by atoms with Crippen LogP contribution in [0.4, 0.5) is 5.69 Å². The van der Waals surface area contributed by atoms with Crippen LogP contribution in [-0.4, -0.2) is 16.1 Å². The van der Waals surface area contributed by atoms with Crippen LogP contribution in [0.25, 0.3) is 11.1 Å². The van der Waals surface area contributed by atoms with Crippen molar-refractivity contribution in [2.24, 2.45) is 0 Å². The first-order valence-electron chi connectivity index (χ1n) is 7.53. The van der Waals surface area contributed by atoms with Crippen molar-refractivity contribution in [1.82, 2.24) is 4.98 Å². The minimum atomic E-state index is -0.357. The molecule has 1 atom stereocenters. The summed E-state index contributed by atoms with van der Waals surface area (Å²) < 4.78 is 5.67. The highest BCUT2D eigenvalue weighted by Gasteiger charge is 2.21. The number of amides is 1. The first-order valence-corrected chi connectivity index (χ1v) is 8.41. The van der Waals surface area contributed by atoms with Crippen molar-refractivity contribution in [2.75, 3.05) is 5.32 Å². The molecule has 1 N–H and O–H groups in total. The van der Waals surface area contributed by atoms with Gasteiger partial charge >= 0.3 is 0 Å². The van der Waals surface area contributed by atoms with Gasteiger partial charge in [-0.3, -0.25) is 4.79 Å². The zero-order valence-electron chi connectivity index (χ0n) is 13.0. The second-order valence-electron chi connectivity index (χ2n) is 5.11. The standard InChI is InChI=1S/C18H15N3O2S/c1-2-16(17(22)20-13-8-4-3-7-12(13)11-19)24-18-21-14-9-5-6-10-15(14)23-18/h3-10,16H,2H2,1H3,(H,20,22)/t16-/m1/s1. The summed E-state index contributed by atoms with van der Waals surface area (Å²) in [5.74, 6) is -0.174. The summed E-state index contributed by atoms with van der Waals surface area (Å²) in [5, 5.41) is 12.0. The van der Waals surface area contributed by atoms with Crippen LogP contribution in [0, 0.1) is 11.3 Å². The van der Waals surface area contributed by atoms with E-state index in [9.17, 15) is 4.79 Å². The molecule has 3 rings (SSSR count). The summed E-state index contributed by atoms with van der Waals surface area (Å²) in [6.07, 6.45) is 0.615. The Balaban J connectivity index is 1.75. The summed E-state index contributed by atoms with van der Waals surface area (Å²) in [4.78, 5) is 16.9. The van der Waals surface area contributed by atoms with Crippen molar-refractivity contribution < 1.29 is 9.21 Å². The number of nitrogens with one attached hydrogen (secondary N) is 1. The van der Waals surface area contributed by atoms with Crippen molar-refractivity contribution in [3.05, 3.63) is 54.1 Å². The van der Waals surface area contributed by atoms with Gasteiger partial charge in [-0.15, -0.1) is 0 Å². The third kappa shape index (κ3) is 3.42. The summed E-state index contributed by atoms with van der Waals surface area (Å²) in [7, 11) is 0. The van der Waals surface area contributed by atoms with E-state index < -0.39 is 0 Å². The number of hydrogen-bond donors (Lipinski definition) is 1. The van der Waals surface area contributed by atoms with E-state index in [0.717, 1.165) is 5.52 Å². The van der Waals surface area contributed by atoms with E-state index in [-0.39, 0.29) is 11.2 Å². The number of fused-ring (bicyclic) bond motifs is 1. The number of thioether (sulfide) groups is 1. The van der Waals surface area contributed by atoms with Crippen LogP contribution in [0.5, 0.6) is 0 Å². The average molecular weight is 337 g/mol. The minimum absolute atomic E-state index is 0.174. The van der Waals surface area contributed by atoms with Crippen LogP contribution in [0.2, 0.25) is 0 Å². The van der Waals surface area contributed by atoms with E-state index >= 15 is 0 Å².